The van der Waals surface area contributed by atoms with Crippen molar-refractivity contribution in [2.45, 2.75) is 17.1 Å². The van der Waals surface area contributed by atoms with Crippen molar-refractivity contribution in [3.63, 3.8) is 0 Å². The van der Waals surface area contributed by atoms with E-state index in [1.54, 1.807) is 18.2 Å². The van der Waals surface area contributed by atoms with E-state index in [9.17, 15) is 9.59 Å². The molecular weight excluding hydrogens is 226 g/mol. The van der Waals surface area contributed by atoms with Crippen molar-refractivity contribution < 1.29 is 14.7 Å². The van der Waals surface area contributed by atoms with Gasteiger partial charge in [0.1, 0.15) is 0 Å². The normalized spacial score (nSPS) is 15.9. The monoisotopic (exact) mass is 237 g/mol. The van der Waals surface area contributed by atoms with Crippen LogP contribution >= 0.6 is 11.8 Å². The van der Waals surface area contributed by atoms with Gasteiger partial charge in [-0.05, 0) is 18.2 Å². The average Bonchev–Trinajstić information content (AvgIpc) is 2.54. The van der Waals surface area contributed by atoms with Gasteiger partial charge >= 0.3 is 0 Å². The van der Waals surface area contributed by atoms with E-state index in [0.29, 0.717) is 11.3 Å². The summed E-state index contributed by atoms with van der Waals surface area (Å²) in [5.74, 6) is -1.06. The second-order valence-corrected chi connectivity index (χ2v) is 5.11. The minimum absolute atomic E-state index is 0.0888. The summed E-state index contributed by atoms with van der Waals surface area (Å²) in [5, 5.41) is 11.5. The zero-order chi connectivity index (χ0) is 11.7. The summed E-state index contributed by atoms with van der Waals surface area (Å²) in [4.78, 5) is 23.4. The maximum atomic E-state index is 11.3. The summed E-state index contributed by atoms with van der Waals surface area (Å²) in [5.41, 5.74) is 0.983. The summed E-state index contributed by atoms with van der Waals surface area (Å²) in [6.45, 7) is 1.99. The van der Waals surface area contributed by atoms with Crippen molar-refractivity contribution in [2.75, 3.05) is 11.9 Å². The second-order valence-electron chi connectivity index (χ2n) is 3.60. The van der Waals surface area contributed by atoms with Crippen LogP contribution in [-0.2, 0) is 4.79 Å². The molecule has 0 radical (unpaired) electrons. The molecule has 1 atom stereocenters. The zero-order valence-electron chi connectivity index (χ0n) is 8.69. The Morgan fingerprint density at radius 3 is 2.88 bits per heavy atom. The lowest BCUT2D eigenvalue weighted by molar-refractivity contribution is -0.112. The van der Waals surface area contributed by atoms with Gasteiger partial charge in [-0.15, -0.1) is 11.8 Å². The lowest BCUT2D eigenvalue weighted by Gasteiger charge is -2.08. The first kappa shape index (κ1) is 11.2. The van der Waals surface area contributed by atoms with Crippen LogP contribution in [0.25, 0.3) is 0 Å². The molecule has 0 aromatic heterocycles. The number of anilines is 1. The first-order valence-electron chi connectivity index (χ1n) is 4.89. The van der Waals surface area contributed by atoms with E-state index >= 15 is 0 Å². The molecule has 0 saturated heterocycles. The number of aliphatic hydroxyl groups is 1. The van der Waals surface area contributed by atoms with E-state index < -0.39 is 11.7 Å². The van der Waals surface area contributed by atoms with E-state index in [1.165, 1.54) is 11.8 Å². The van der Waals surface area contributed by atoms with Crippen molar-refractivity contribution in [3.8, 4) is 0 Å². The number of benzene rings is 1. The fraction of sp³-hybridized carbons (Fsp3) is 0.273. The average molecular weight is 237 g/mol. The van der Waals surface area contributed by atoms with Crippen LogP contribution in [0.15, 0.2) is 23.1 Å². The molecule has 0 spiro atoms. The number of aliphatic hydroxyl groups excluding tert-OH is 1. The minimum Gasteiger partial charge on any atom is -0.395 e. The maximum absolute atomic E-state index is 11.3. The predicted molar refractivity (Wildman–Crippen MR) is 61.8 cm³/mol. The molecule has 5 heteroatoms. The molecule has 1 amide bonds. The second kappa shape index (κ2) is 4.27. The largest absolute Gasteiger partial charge is 0.395 e. The van der Waals surface area contributed by atoms with Crippen molar-refractivity contribution in [3.05, 3.63) is 23.8 Å². The summed E-state index contributed by atoms with van der Waals surface area (Å²) >= 11 is 1.50. The van der Waals surface area contributed by atoms with Crippen LogP contribution in [0.1, 0.15) is 17.3 Å². The number of Topliss-reactive ketones (excluding diaryl/α,β-unsaturated/α-hetero) is 1. The lowest BCUT2D eigenvalue weighted by atomic mass is 10.1. The van der Waals surface area contributed by atoms with Gasteiger partial charge in [0.05, 0.1) is 17.9 Å². The third kappa shape index (κ3) is 1.96. The van der Waals surface area contributed by atoms with E-state index in [1.807, 2.05) is 6.92 Å². The Labute approximate surface area is 97.0 Å². The number of rotatable bonds is 3. The van der Waals surface area contributed by atoms with Crippen molar-refractivity contribution in [1.29, 1.82) is 0 Å². The molecule has 0 saturated carbocycles. The standard InChI is InChI=1S/C11H11NO3S/c1-6(5-13)16-7-2-3-8-9(4-7)12-11(15)10(8)14/h2-4,6,13H,5H2,1H3,(H,12,14,15). The highest BCUT2D eigenvalue weighted by Crippen LogP contribution is 2.30. The van der Waals surface area contributed by atoms with Crippen LogP contribution in [-0.4, -0.2) is 28.7 Å². The number of fused-ring (bicyclic) bond motifs is 1. The van der Waals surface area contributed by atoms with Gasteiger partial charge in [0.25, 0.3) is 11.7 Å². The zero-order valence-corrected chi connectivity index (χ0v) is 9.50. The van der Waals surface area contributed by atoms with Crippen molar-refractivity contribution in [1.82, 2.24) is 0 Å². The maximum Gasteiger partial charge on any atom is 0.296 e. The highest BCUT2D eigenvalue weighted by atomic mass is 32.2. The number of amides is 1. The van der Waals surface area contributed by atoms with E-state index in [-0.39, 0.29) is 11.9 Å². The van der Waals surface area contributed by atoms with Gasteiger partial charge in [-0.3, -0.25) is 9.59 Å². The Morgan fingerprint density at radius 2 is 2.19 bits per heavy atom. The molecule has 16 heavy (non-hydrogen) atoms. The number of ketones is 1. The third-order valence-corrected chi connectivity index (χ3v) is 3.36. The van der Waals surface area contributed by atoms with E-state index in [4.69, 9.17) is 5.11 Å². The number of carbonyl (C=O) groups excluding carboxylic acids is 2. The Morgan fingerprint density at radius 1 is 1.44 bits per heavy atom. The Balaban J connectivity index is 2.25. The highest BCUT2D eigenvalue weighted by molar-refractivity contribution is 8.00. The van der Waals surface area contributed by atoms with Crippen LogP contribution in [0.3, 0.4) is 0 Å². The van der Waals surface area contributed by atoms with Gasteiger partial charge in [-0.25, -0.2) is 0 Å². The number of hydrogen-bond acceptors (Lipinski definition) is 4. The van der Waals surface area contributed by atoms with Gasteiger partial charge in [0, 0.05) is 10.1 Å². The highest BCUT2D eigenvalue weighted by Gasteiger charge is 2.27. The Hall–Kier alpha value is -1.33. The third-order valence-electron chi connectivity index (χ3n) is 2.28. The van der Waals surface area contributed by atoms with Gasteiger partial charge in [-0.2, -0.15) is 0 Å². The molecule has 84 valence electrons. The molecule has 1 aliphatic heterocycles. The first-order valence-corrected chi connectivity index (χ1v) is 5.77. The Bertz CT molecular complexity index is 459. The summed E-state index contributed by atoms with van der Waals surface area (Å²) < 4.78 is 0. The molecule has 0 aliphatic carbocycles. The predicted octanol–water partition coefficient (Wildman–Crippen LogP) is 1.29. The smallest absolute Gasteiger partial charge is 0.296 e. The van der Waals surface area contributed by atoms with E-state index in [2.05, 4.69) is 5.32 Å². The van der Waals surface area contributed by atoms with Gasteiger partial charge in [-0.1, -0.05) is 6.92 Å². The number of carbonyl (C=O) groups is 2. The molecule has 0 bridgehead atoms. The lowest BCUT2D eigenvalue weighted by Crippen LogP contribution is -2.12. The van der Waals surface area contributed by atoms with Crippen LogP contribution in [0, 0.1) is 0 Å². The SMILES string of the molecule is CC(CO)Sc1ccc2c(c1)NC(=O)C2=O. The van der Waals surface area contributed by atoms with Crippen LogP contribution in [0.5, 0.6) is 0 Å². The minimum atomic E-state index is -0.577. The molecule has 2 N–H and O–H groups in total. The first-order chi connectivity index (χ1) is 7.61. The molecule has 0 fully saturated rings. The fourth-order valence-corrected chi connectivity index (χ4v) is 2.34. The summed E-state index contributed by atoms with van der Waals surface area (Å²) in [6.07, 6.45) is 0. The molecule has 1 unspecified atom stereocenters. The number of thioether (sulfide) groups is 1. The Kier molecular flexibility index (Phi) is 2.98. The summed E-state index contributed by atoms with van der Waals surface area (Å²) in [6, 6.07) is 5.19. The molecular formula is C11H11NO3S. The molecule has 4 nitrogen and oxygen atoms in total. The van der Waals surface area contributed by atoms with Crippen molar-refractivity contribution in [2.24, 2.45) is 0 Å². The van der Waals surface area contributed by atoms with Crippen molar-refractivity contribution >= 4 is 29.1 Å². The summed E-state index contributed by atoms with van der Waals surface area (Å²) in [7, 11) is 0. The van der Waals surface area contributed by atoms with Crippen LogP contribution in [0.2, 0.25) is 0 Å². The molecule has 1 aliphatic rings. The molecule has 1 aromatic carbocycles. The van der Waals surface area contributed by atoms with Crippen LogP contribution in [0.4, 0.5) is 5.69 Å². The number of nitrogens with one attached hydrogen (secondary N) is 1. The topological polar surface area (TPSA) is 66.4 Å². The fourth-order valence-electron chi connectivity index (χ4n) is 1.47. The van der Waals surface area contributed by atoms with Gasteiger partial charge in [0.15, 0.2) is 0 Å². The van der Waals surface area contributed by atoms with Gasteiger partial charge < -0.3 is 10.4 Å². The quantitative estimate of drug-likeness (QED) is 0.614. The number of hydrogen-bond donors (Lipinski definition) is 2. The van der Waals surface area contributed by atoms with E-state index in [0.717, 1.165) is 4.90 Å². The molecule has 2 rings (SSSR count). The molecule has 1 aromatic rings. The van der Waals surface area contributed by atoms with Crippen LogP contribution < -0.4 is 5.32 Å². The van der Waals surface area contributed by atoms with Gasteiger partial charge in [0.2, 0.25) is 0 Å². The molecule has 1 heterocycles.